The van der Waals surface area contributed by atoms with Crippen molar-refractivity contribution in [3.63, 3.8) is 0 Å². The first-order valence-electron chi connectivity index (χ1n) is 8.95. The number of benzene rings is 2. The number of esters is 1. The van der Waals surface area contributed by atoms with Crippen molar-refractivity contribution in [1.82, 2.24) is 4.90 Å². The van der Waals surface area contributed by atoms with Crippen molar-refractivity contribution in [3.8, 4) is 0 Å². The number of rotatable bonds is 7. The number of Topliss-reactive ketones (excluding diaryl/α,β-unsaturated/α-hetero) is 1. The molecule has 30 heavy (non-hydrogen) atoms. The molecule has 2 aromatic carbocycles. The molecule has 1 heterocycles. The zero-order valence-corrected chi connectivity index (χ0v) is 15.9. The van der Waals surface area contributed by atoms with Crippen LogP contribution < -0.4 is 0 Å². The summed E-state index contributed by atoms with van der Waals surface area (Å²) in [6.07, 6.45) is 1.14. The van der Waals surface area contributed by atoms with Gasteiger partial charge in [0.25, 0.3) is 17.5 Å². The Morgan fingerprint density at radius 3 is 2.27 bits per heavy atom. The minimum absolute atomic E-state index is 0.00852. The summed E-state index contributed by atoms with van der Waals surface area (Å²) in [7, 11) is 0. The van der Waals surface area contributed by atoms with Gasteiger partial charge in [-0.25, -0.2) is 4.79 Å². The Hall–Kier alpha value is -4.14. The molecule has 9 nitrogen and oxygen atoms in total. The van der Waals surface area contributed by atoms with E-state index in [-0.39, 0.29) is 29.0 Å². The van der Waals surface area contributed by atoms with Crippen LogP contribution in [0.5, 0.6) is 0 Å². The first-order chi connectivity index (χ1) is 14.3. The van der Waals surface area contributed by atoms with E-state index in [1.807, 2.05) is 0 Å². The van der Waals surface area contributed by atoms with Gasteiger partial charge >= 0.3 is 5.97 Å². The molecule has 0 bridgehead atoms. The molecule has 0 N–H and O–H groups in total. The minimum atomic E-state index is -0.953. The molecule has 0 aromatic heterocycles. The van der Waals surface area contributed by atoms with Crippen molar-refractivity contribution < 1.29 is 28.8 Å². The number of imide groups is 1. The SMILES string of the molecule is CCOC(=O)/C(=C/c1cccc([N+](=O)[O-])c1)C(=O)CN1C(=O)c2ccccc2C1=O. The van der Waals surface area contributed by atoms with E-state index in [0.717, 1.165) is 11.0 Å². The number of nitrogens with zero attached hydrogens (tertiary/aromatic N) is 2. The van der Waals surface area contributed by atoms with Gasteiger partial charge in [0.1, 0.15) is 5.57 Å². The average molecular weight is 408 g/mol. The van der Waals surface area contributed by atoms with Gasteiger partial charge in [-0.05, 0) is 30.7 Å². The number of hydrogen-bond donors (Lipinski definition) is 0. The first kappa shape index (κ1) is 20.6. The lowest BCUT2D eigenvalue weighted by Crippen LogP contribution is -2.36. The molecule has 2 amide bonds. The maximum atomic E-state index is 12.8. The van der Waals surface area contributed by atoms with Gasteiger partial charge in [-0.3, -0.25) is 29.4 Å². The Balaban J connectivity index is 1.92. The Bertz CT molecular complexity index is 1070. The number of non-ortho nitro benzene ring substituents is 1. The highest BCUT2D eigenvalue weighted by Crippen LogP contribution is 2.23. The molecule has 1 aliphatic rings. The van der Waals surface area contributed by atoms with Crippen LogP contribution in [0.3, 0.4) is 0 Å². The molecule has 0 radical (unpaired) electrons. The first-order valence-corrected chi connectivity index (χ1v) is 8.95. The van der Waals surface area contributed by atoms with E-state index in [9.17, 15) is 29.3 Å². The highest BCUT2D eigenvalue weighted by Gasteiger charge is 2.37. The summed E-state index contributed by atoms with van der Waals surface area (Å²) in [5.41, 5.74) is -0.0667. The molecule has 2 aromatic rings. The number of hydrogen-bond acceptors (Lipinski definition) is 7. The molecule has 0 atom stereocenters. The fourth-order valence-corrected chi connectivity index (χ4v) is 2.97. The number of ketones is 1. The largest absolute Gasteiger partial charge is 0.462 e. The molecule has 0 saturated carbocycles. The summed E-state index contributed by atoms with van der Waals surface area (Å²) in [4.78, 5) is 61.2. The smallest absolute Gasteiger partial charge is 0.341 e. The van der Waals surface area contributed by atoms with Crippen LogP contribution in [0.15, 0.2) is 54.1 Å². The quantitative estimate of drug-likeness (QED) is 0.131. The number of nitro groups is 1. The molecule has 1 aliphatic heterocycles. The molecular formula is C21H16N2O7. The second-order valence-electron chi connectivity index (χ2n) is 6.30. The number of nitro benzene ring substituents is 1. The molecule has 0 fully saturated rings. The second-order valence-corrected chi connectivity index (χ2v) is 6.30. The van der Waals surface area contributed by atoms with Crippen LogP contribution in [0.25, 0.3) is 6.08 Å². The van der Waals surface area contributed by atoms with Crippen LogP contribution in [0.1, 0.15) is 33.2 Å². The van der Waals surface area contributed by atoms with Gasteiger partial charge in [0, 0.05) is 12.1 Å². The summed E-state index contributed by atoms with van der Waals surface area (Å²) in [6, 6.07) is 11.5. The van der Waals surface area contributed by atoms with Crippen LogP contribution in [0, 0.1) is 10.1 Å². The molecule has 0 spiro atoms. The Labute approximate surface area is 170 Å². The predicted molar refractivity (Wildman–Crippen MR) is 105 cm³/mol. The fourth-order valence-electron chi connectivity index (χ4n) is 2.97. The van der Waals surface area contributed by atoms with Crippen molar-refractivity contribution in [1.29, 1.82) is 0 Å². The van der Waals surface area contributed by atoms with Crippen LogP contribution in [0.4, 0.5) is 5.69 Å². The van der Waals surface area contributed by atoms with Crippen molar-refractivity contribution in [2.24, 2.45) is 0 Å². The van der Waals surface area contributed by atoms with E-state index in [4.69, 9.17) is 4.74 Å². The molecule has 3 rings (SSSR count). The van der Waals surface area contributed by atoms with Crippen molar-refractivity contribution >= 4 is 35.3 Å². The van der Waals surface area contributed by atoms with Crippen molar-refractivity contribution in [2.45, 2.75) is 6.92 Å². The summed E-state index contributed by atoms with van der Waals surface area (Å²) >= 11 is 0. The maximum absolute atomic E-state index is 12.8. The fraction of sp³-hybridized carbons (Fsp3) is 0.143. The Morgan fingerprint density at radius 1 is 1.07 bits per heavy atom. The van der Waals surface area contributed by atoms with E-state index in [1.165, 1.54) is 36.4 Å². The molecule has 0 unspecified atom stereocenters. The second kappa shape index (κ2) is 8.48. The van der Waals surface area contributed by atoms with E-state index in [2.05, 4.69) is 0 Å². The van der Waals surface area contributed by atoms with Gasteiger partial charge in [-0.2, -0.15) is 0 Å². The third kappa shape index (κ3) is 4.00. The van der Waals surface area contributed by atoms with Gasteiger partial charge < -0.3 is 4.74 Å². The molecule has 0 saturated heterocycles. The lowest BCUT2D eigenvalue weighted by Gasteiger charge is -2.14. The highest BCUT2D eigenvalue weighted by atomic mass is 16.6. The molecular weight excluding hydrogens is 392 g/mol. The lowest BCUT2D eigenvalue weighted by molar-refractivity contribution is -0.384. The molecule has 9 heteroatoms. The zero-order valence-electron chi connectivity index (χ0n) is 15.9. The summed E-state index contributed by atoms with van der Waals surface area (Å²) in [5.74, 6) is -3.05. The average Bonchev–Trinajstić information content (AvgIpc) is 2.97. The predicted octanol–water partition coefficient (Wildman–Crippen LogP) is 2.41. The van der Waals surface area contributed by atoms with Crippen LogP contribution in [-0.4, -0.2) is 46.5 Å². The van der Waals surface area contributed by atoms with E-state index in [1.54, 1.807) is 19.1 Å². The molecule has 152 valence electrons. The van der Waals surface area contributed by atoms with Gasteiger partial charge in [0.2, 0.25) is 0 Å². The minimum Gasteiger partial charge on any atom is -0.462 e. The number of amides is 2. The lowest BCUT2D eigenvalue weighted by atomic mass is 10.1. The summed E-state index contributed by atoms with van der Waals surface area (Å²) in [6.45, 7) is 0.884. The Kier molecular flexibility index (Phi) is 5.82. The summed E-state index contributed by atoms with van der Waals surface area (Å²) < 4.78 is 4.90. The van der Waals surface area contributed by atoms with Gasteiger partial charge in [-0.15, -0.1) is 0 Å². The highest BCUT2D eigenvalue weighted by molar-refractivity contribution is 6.26. The normalized spacial score (nSPS) is 13.2. The topological polar surface area (TPSA) is 124 Å². The third-order valence-electron chi connectivity index (χ3n) is 4.37. The van der Waals surface area contributed by atoms with Gasteiger partial charge in [0.05, 0.1) is 29.2 Å². The number of carbonyl (C=O) groups excluding carboxylic acids is 4. The van der Waals surface area contributed by atoms with E-state index < -0.39 is 40.6 Å². The standard InChI is InChI=1S/C21H16N2O7/c1-2-30-21(27)17(11-13-6-5-7-14(10-13)23(28)29)18(24)12-22-19(25)15-8-3-4-9-16(15)20(22)26/h3-11H,2,12H2,1H3/b17-11+. The maximum Gasteiger partial charge on any atom is 0.341 e. The third-order valence-corrected chi connectivity index (χ3v) is 4.37. The number of carbonyl (C=O) groups is 4. The van der Waals surface area contributed by atoms with Gasteiger partial charge in [0.15, 0.2) is 5.78 Å². The van der Waals surface area contributed by atoms with Crippen LogP contribution in [0.2, 0.25) is 0 Å². The zero-order chi connectivity index (χ0) is 21.8. The van der Waals surface area contributed by atoms with E-state index >= 15 is 0 Å². The van der Waals surface area contributed by atoms with Crippen LogP contribution >= 0.6 is 0 Å². The molecule has 0 aliphatic carbocycles. The monoisotopic (exact) mass is 408 g/mol. The van der Waals surface area contributed by atoms with E-state index in [0.29, 0.717) is 0 Å². The summed E-state index contributed by atoms with van der Waals surface area (Å²) in [5, 5.41) is 11.0. The van der Waals surface area contributed by atoms with Gasteiger partial charge in [-0.1, -0.05) is 24.3 Å². The Morgan fingerprint density at radius 2 is 1.70 bits per heavy atom. The number of ether oxygens (including phenoxy) is 1. The van der Waals surface area contributed by atoms with Crippen LogP contribution in [-0.2, 0) is 14.3 Å². The van der Waals surface area contributed by atoms with Crippen molar-refractivity contribution in [3.05, 3.63) is 80.9 Å². The number of fused-ring (bicyclic) bond motifs is 1. The van der Waals surface area contributed by atoms with Crippen molar-refractivity contribution in [2.75, 3.05) is 13.2 Å².